The van der Waals surface area contributed by atoms with Crippen molar-refractivity contribution >= 4 is 11.0 Å². The summed E-state index contributed by atoms with van der Waals surface area (Å²) in [5, 5.41) is 0.582. The fourth-order valence-corrected chi connectivity index (χ4v) is 3.32. The topological polar surface area (TPSA) is 28.9 Å². The third kappa shape index (κ3) is 2.47. The van der Waals surface area contributed by atoms with Gasteiger partial charge in [-0.1, -0.05) is 35.9 Å². The van der Waals surface area contributed by atoms with Crippen molar-refractivity contribution in [3.05, 3.63) is 70.5 Å². The van der Waals surface area contributed by atoms with Crippen molar-refractivity contribution in [3.63, 3.8) is 0 Å². The van der Waals surface area contributed by atoms with E-state index in [0.29, 0.717) is 16.7 Å². The van der Waals surface area contributed by atoms with Crippen LogP contribution >= 0.6 is 0 Å². The van der Waals surface area contributed by atoms with Crippen molar-refractivity contribution in [2.45, 2.75) is 27.7 Å². The first-order chi connectivity index (χ1) is 12.0. The Hall–Kier alpha value is -2.81. The standard InChI is InChI=1S/C22H20FNO/c1-12-5-7-16(8-6-12)17-9-10-18(24-17)22-20(23)19-15(4)13(2)11-14(3)21(19)25-22/h5-11,24H,1-4H3. The molecule has 0 spiro atoms. The number of aromatic nitrogens is 1. The molecule has 2 nitrogen and oxygen atoms in total. The fraction of sp³-hybridized carbons (Fsp3) is 0.182. The summed E-state index contributed by atoms with van der Waals surface area (Å²) in [5.74, 6) is -0.0261. The lowest BCUT2D eigenvalue weighted by Gasteiger charge is -2.03. The van der Waals surface area contributed by atoms with Crippen molar-refractivity contribution in [2.24, 2.45) is 0 Å². The normalized spacial score (nSPS) is 11.4. The number of H-pyrrole nitrogens is 1. The van der Waals surface area contributed by atoms with Crippen LogP contribution in [0, 0.1) is 33.5 Å². The van der Waals surface area contributed by atoms with E-state index in [2.05, 4.69) is 36.2 Å². The Labute approximate surface area is 146 Å². The van der Waals surface area contributed by atoms with Gasteiger partial charge in [-0.2, -0.15) is 0 Å². The second-order valence-corrected chi connectivity index (χ2v) is 6.74. The molecule has 0 unspecified atom stereocenters. The minimum Gasteiger partial charge on any atom is -0.451 e. The van der Waals surface area contributed by atoms with Gasteiger partial charge in [-0.05, 0) is 62.1 Å². The van der Waals surface area contributed by atoms with Crippen LogP contribution < -0.4 is 0 Å². The van der Waals surface area contributed by atoms with Gasteiger partial charge < -0.3 is 9.40 Å². The quantitative estimate of drug-likeness (QED) is 0.447. The summed E-state index contributed by atoms with van der Waals surface area (Å²) in [7, 11) is 0. The zero-order valence-electron chi connectivity index (χ0n) is 14.8. The molecule has 0 fully saturated rings. The molecule has 2 aromatic carbocycles. The molecule has 0 amide bonds. The van der Waals surface area contributed by atoms with E-state index in [1.54, 1.807) is 0 Å². The lowest BCUT2D eigenvalue weighted by atomic mass is 10.0. The Morgan fingerprint density at radius 3 is 2.24 bits per heavy atom. The molecule has 3 heteroatoms. The van der Waals surface area contributed by atoms with Crippen LogP contribution in [0.5, 0.6) is 0 Å². The van der Waals surface area contributed by atoms with Crippen LogP contribution in [0.2, 0.25) is 0 Å². The molecule has 2 aromatic heterocycles. The van der Waals surface area contributed by atoms with Crippen LogP contribution in [0.3, 0.4) is 0 Å². The summed E-state index contributed by atoms with van der Waals surface area (Å²) in [4.78, 5) is 3.29. The van der Waals surface area contributed by atoms with Crippen molar-refractivity contribution < 1.29 is 8.81 Å². The Morgan fingerprint density at radius 1 is 0.840 bits per heavy atom. The lowest BCUT2D eigenvalue weighted by Crippen LogP contribution is -1.86. The van der Waals surface area contributed by atoms with Gasteiger partial charge in [0.1, 0.15) is 5.58 Å². The first-order valence-electron chi connectivity index (χ1n) is 8.41. The summed E-state index contributed by atoms with van der Waals surface area (Å²) in [6, 6.07) is 14.1. The average molecular weight is 333 g/mol. The number of halogens is 1. The summed E-state index contributed by atoms with van der Waals surface area (Å²) in [5.41, 5.74) is 7.45. The minimum absolute atomic E-state index is 0.269. The van der Waals surface area contributed by atoms with E-state index in [-0.39, 0.29) is 11.6 Å². The summed E-state index contributed by atoms with van der Waals surface area (Å²) in [6.45, 7) is 7.94. The van der Waals surface area contributed by atoms with Crippen LogP contribution in [-0.2, 0) is 0 Å². The minimum atomic E-state index is -0.295. The first kappa shape index (κ1) is 15.7. The maximum Gasteiger partial charge on any atom is 0.187 e. The van der Waals surface area contributed by atoms with E-state index in [9.17, 15) is 0 Å². The van der Waals surface area contributed by atoms with E-state index in [4.69, 9.17) is 4.42 Å². The number of nitrogens with one attached hydrogen (secondary N) is 1. The molecule has 0 aliphatic rings. The zero-order valence-corrected chi connectivity index (χ0v) is 14.8. The van der Waals surface area contributed by atoms with Gasteiger partial charge in [0.2, 0.25) is 0 Å². The number of aromatic amines is 1. The molecule has 4 rings (SSSR count). The number of hydrogen-bond donors (Lipinski definition) is 1. The number of benzene rings is 2. The molecule has 0 saturated heterocycles. The predicted octanol–water partition coefficient (Wildman–Crippen LogP) is 6.47. The number of rotatable bonds is 2. The Bertz CT molecular complexity index is 1080. The predicted molar refractivity (Wildman–Crippen MR) is 100 cm³/mol. The third-order valence-electron chi connectivity index (χ3n) is 4.90. The monoisotopic (exact) mass is 333 g/mol. The van der Waals surface area contributed by atoms with E-state index in [1.165, 1.54) is 5.56 Å². The molecule has 0 aliphatic heterocycles. The van der Waals surface area contributed by atoms with Crippen LogP contribution in [0.25, 0.3) is 33.7 Å². The van der Waals surface area contributed by atoms with Crippen LogP contribution in [0.15, 0.2) is 46.9 Å². The van der Waals surface area contributed by atoms with Gasteiger partial charge in [0, 0.05) is 5.69 Å². The highest BCUT2D eigenvalue weighted by atomic mass is 19.1. The van der Waals surface area contributed by atoms with Crippen LogP contribution in [0.4, 0.5) is 4.39 Å². The highest BCUT2D eigenvalue weighted by molar-refractivity contribution is 5.89. The number of aryl methyl sites for hydroxylation is 4. The van der Waals surface area contributed by atoms with Gasteiger partial charge in [0.05, 0.1) is 11.1 Å². The lowest BCUT2D eigenvalue weighted by molar-refractivity contribution is 0.571. The van der Waals surface area contributed by atoms with Gasteiger partial charge in [-0.15, -0.1) is 0 Å². The van der Waals surface area contributed by atoms with Crippen molar-refractivity contribution in [1.82, 2.24) is 4.98 Å². The summed E-state index contributed by atoms with van der Waals surface area (Å²) >= 11 is 0. The highest BCUT2D eigenvalue weighted by Gasteiger charge is 2.21. The smallest absolute Gasteiger partial charge is 0.187 e. The van der Waals surface area contributed by atoms with E-state index >= 15 is 4.39 Å². The second kappa shape index (κ2) is 5.62. The molecule has 0 radical (unpaired) electrons. The molecule has 1 N–H and O–H groups in total. The largest absolute Gasteiger partial charge is 0.451 e. The van der Waals surface area contributed by atoms with E-state index in [1.807, 2.05) is 39.0 Å². The summed E-state index contributed by atoms with van der Waals surface area (Å²) < 4.78 is 21.0. The van der Waals surface area contributed by atoms with Gasteiger partial charge in [0.25, 0.3) is 0 Å². The second-order valence-electron chi connectivity index (χ2n) is 6.74. The van der Waals surface area contributed by atoms with E-state index in [0.717, 1.165) is 27.9 Å². The van der Waals surface area contributed by atoms with Crippen LogP contribution in [0.1, 0.15) is 22.3 Å². The maximum absolute atomic E-state index is 15.1. The third-order valence-corrected chi connectivity index (χ3v) is 4.90. The van der Waals surface area contributed by atoms with Gasteiger partial charge in [-0.3, -0.25) is 0 Å². The van der Waals surface area contributed by atoms with Crippen molar-refractivity contribution in [1.29, 1.82) is 0 Å². The van der Waals surface area contributed by atoms with E-state index < -0.39 is 0 Å². The SMILES string of the molecule is Cc1ccc(-c2ccc(-c3oc4c(C)cc(C)c(C)c4c3F)[nH]2)cc1. The Morgan fingerprint density at radius 2 is 1.52 bits per heavy atom. The molecule has 25 heavy (non-hydrogen) atoms. The number of fused-ring (bicyclic) bond motifs is 1. The van der Waals surface area contributed by atoms with Gasteiger partial charge in [0.15, 0.2) is 11.6 Å². The molecule has 4 aromatic rings. The zero-order chi connectivity index (χ0) is 17.7. The van der Waals surface area contributed by atoms with Crippen molar-refractivity contribution in [3.8, 4) is 22.7 Å². The highest BCUT2D eigenvalue weighted by Crippen LogP contribution is 2.37. The summed E-state index contributed by atoms with van der Waals surface area (Å²) in [6.07, 6.45) is 0. The average Bonchev–Trinajstić information content (AvgIpc) is 3.18. The Kier molecular flexibility index (Phi) is 3.53. The van der Waals surface area contributed by atoms with Gasteiger partial charge >= 0.3 is 0 Å². The molecule has 0 bridgehead atoms. The molecule has 126 valence electrons. The fourth-order valence-electron chi connectivity index (χ4n) is 3.32. The van der Waals surface area contributed by atoms with Crippen LogP contribution in [-0.4, -0.2) is 4.98 Å². The number of hydrogen-bond acceptors (Lipinski definition) is 1. The number of furan rings is 1. The molecule has 2 heterocycles. The maximum atomic E-state index is 15.1. The Balaban J connectivity index is 1.86. The molecular weight excluding hydrogens is 313 g/mol. The first-order valence-corrected chi connectivity index (χ1v) is 8.41. The molecule has 0 saturated carbocycles. The molecule has 0 atom stereocenters. The molecular formula is C22H20FNO. The van der Waals surface area contributed by atoms with Gasteiger partial charge in [-0.25, -0.2) is 4.39 Å². The molecule has 0 aliphatic carbocycles. The van der Waals surface area contributed by atoms with Crippen molar-refractivity contribution in [2.75, 3.05) is 0 Å².